The first kappa shape index (κ1) is 21.0. The van der Waals surface area contributed by atoms with Crippen LogP contribution in [0.1, 0.15) is 54.1 Å². The molecule has 0 amide bonds. The molecule has 152 valence electrons. The van der Waals surface area contributed by atoms with Crippen LogP contribution in [0.25, 0.3) is 11.3 Å². The van der Waals surface area contributed by atoms with Gasteiger partial charge in [-0.2, -0.15) is 13.2 Å². The van der Waals surface area contributed by atoms with E-state index in [1.165, 1.54) is 24.3 Å². The number of carbonyl (C=O) groups is 1. The number of aromatic nitrogens is 1. The first-order valence-corrected chi connectivity index (χ1v) is 10.4. The molecule has 1 aromatic heterocycles. The number of halogens is 3. The lowest BCUT2D eigenvalue weighted by Gasteiger charge is -2.23. The highest BCUT2D eigenvalue weighted by Gasteiger charge is 2.32. The number of Topliss-reactive ketones (excluding diaryl/α,β-unsaturated/α-hetero) is 1. The quantitative estimate of drug-likeness (QED) is 0.618. The molecule has 1 fully saturated rings. The lowest BCUT2D eigenvalue weighted by molar-refractivity contribution is -0.137. The van der Waals surface area contributed by atoms with E-state index < -0.39 is 11.7 Å². The van der Waals surface area contributed by atoms with Crippen LogP contribution in [0.2, 0.25) is 0 Å². The molecule has 0 aliphatic carbocycles. The third-order valence-corrected chi connectivity index (χ3v) is 6.18. The summed E-state index contributed by atoms with van der Waals surface area (Å²) in [5, 5.41) is 0.666. The Balaban J connectivity index is 2.02. The number of hydrogen-bond donors (Lipinski definition) is 0. The Hall–Kier alpha value is -1.73. The lowest BCUT2D eigenvalue weighted by atomic mass is 10.0. The number of carbonyl (C=O) groups excluding carboxylic acids is 1. The Morgan fingerprint density at radius 3 is 2.71 bits per heavy atom. The van der Waals surface area contributed by atoms with Crippen molar-refractivity contribution < 1.29 is 18.0 Å². The maximum absolute atomic E-state index is 13.3. The molecular weight excluding hydrogens is 385 g/mol. The van der Waals surface area contributed by atoms with Crippen molar-refractivity contribution in [2.75, 3.05) is 6.54 Å². The second kappa shape index (κ2) is 8.33. The largest absolute Gasteiger partial charge is 0.416 e. The summed E-state index contributed by atoms with van der Waals surface area (Å²) in [6, 6.07) is 4.56. The Morgan fingerprint density at radius 2 is 2.07 bits per heavy atom. The van der Waals surface area contributed by atoms with Crippen LogP contribution in [0.4, 0.5) is 13.2 Å². The van der Waals surface area contributed by atoms with Crippen LogP contribution < -0.4 is 0 Å². The van der Waals surface area contributed by atoms with Gasteiger partial charge in [-0.3, -0.25) is 9.69 Å². The standard InChI is InChI=1S/C21H25F3N2OS/c1-4-17-6-5-7-26(17)12-18-20(25-19(28-18)10-14(3)27)15-8-13(2)9-16(11-15)21(22,23)24/h8-9,11,17H,4-7,10,12H2,1-3H3/t17-/m1/s1. The topological polar surface area (TPSA) is 33.2 Å². The molecule has 0 spiro atoms. The molecule has 0 bridgehead atoms. The summed E-state index contributed by atoms with van der Waals surface area (Å²) in [6.45, 7) is 6.98. The monoisotopic (exact) mass is 410 g/mol. The molecule has 0 N–H and O–H groups in total. The van der Waals surface area contributed by atoms with Gasteiger partial charge in [0.1, 0.15) is 10.8 Å². The molecular formula is C21H25F3N2OS. The number of thiazole rings is 1. The van der Waals surface area contributed by atoms with Crippen molar-refractivity contribution in [1.82, 2.24) is 9.88 Å². The third-order valence-electron chi connectivity index (χ3n) is 5.14. The smallest absolute Gasteiger partial charge is 0.300 e. The van der Waals surface area contributed by atoms with Gasteiger partial charge in [0.25, 0.3) is 0 Å². The van der Waals surface area contributed by atoms with E-state index in [2.05, 4.69) is 16.8 Å². The number of likely N-dealkylation sites (tertiary alicyclic amines) is 1. The Kier molecular flexibility index (Phi) is 6.25. The number of nitrogens with zero attached hydrogens (tertiary/aromatic N) is 2. The molecule has 1 aliphatic heterocycles. The summed E-state index contributed by atoms with van der Waals surface area (Å²) >= 11 is 1.45. The molecule has 28 heavy (non-hydrogen) atoms. The zero-order valence-corrected chi connectivity index (χ0v) is 17.2. The van der Waals surface area contributed by atoms with Gasteiger partial charge in [0.05, 0.1) is 17.7 Å². The minimum Gasteiger partial charge on any atom is -0.300 e. The minimum absolute atomic E-state index is 0.000296. The Labute approximate surface area is 167 Å². The summed E-state index contributed by atoms with van der Waals surface area (Å²) in [7, 11) is 0. The number of hydrogen-bond acceptors (Lipinski definition) is 4. The zero-order valence-electron chi connectivity index (χ0n) is 16.4. The van der Waals surface area contributed by atoms with E-state index in [9.17, 15) is 18.0 Å². The van der Waals surface area contributed by atoms with Crippen LogP contribution in [0.3, 0.4) is 0 Å². The van der Waals surface area contributed by atoms with Crippen molar-refractivity contribution in [3.05, 3.63) is 39.2 Å². The molecule has 7 heteroatoms. The van der Waals surface area contributed by atoms with Crippen molar-refractivity contribution in [2.45, 2.75) is 65.2 Å². The van der Waals surface area contributed by atoms with Crippen LogP contribution in [-0.2, 0) is 23.9 Å². The van der Waals surface area contributed by atoms with Crippen LogP contribution in [-0.4, -0.2) is 28.3 Å². The summed E-state index contributed by atoms with van der Waals surface area (Å²) in [6.07, 6.45) is -0.853. The number of rotatable bonds is 6. The highest BCUT2D eigenvalue weighted by molar-refractivity contribution is 7.12. The Morgan fingerprint density at radius 1 is 1.32 bits per heavy atom. The fourth-order valence-electron chi connectivity index (χ4n) is 3.86. The van der Waals surface area contributed by atoms with Gasteiger partial charge in [-0.15, -0.1) is 11.3 Å². The van der Waals surface area contributed by atoms with Gasteiger partial charge in [0.15, 0.2) is 0 Å². The van der Waals surface area contributed by atoms with Crippen molar-refractivity contribution in [1.29, 1.82) is 0 Å². The zero-order chi connectivity index (χ0) is 20.5. The molecule has 1 aliphatic rings. The molecule has 1 atom stereocenters. The fraction of sp³-hybridized carbons (Fsp3) is 0.524. The lowest BCUT2D eigenvalue weighted by Crippen LogP contribution is -2.28. The predicted molar refractivity (Wildman–Crippen MR) is 105 cm³/mol. The van der Waals surface area contributed by atoms with Crippen LogP contribution in [0.5, 0.6) is 0 Å². The van der Waals surface area contributed by atoms with E-state index in [0.717, 1.165) is 36.8 Å². The van der Waals surface area contributed by atoms with E-state index in [4.69, 9.17) is 0 Å². The molecule has 0 radical (unpaired) electrons. The fourth-order valence-corrected chi connectivity index (χ4v) is 5.04. The third kappa shape index (κ3) is 4.81. The van der Waals surface area contributed by atoms with Crippen LogP contribution >= 0.6 is 11.3 Å². The molecule has 0 saturated carbocycles. The average Bonchev–Trinajstić information content (AvgIpc) is 3.20. The van der Waals surface area contributed by atoms with E-state index in [0.29, 0.717) is 34.4 Å². The van der Waals surface area contributed by atoms with E-state index in [-0.39, 0.29) is 12.2 Å². The summed E-state index contributed by atoms with van der Waals surface area (Å²) in [5.41, 5.74) is 0.935. The molecule has 2 heterocycles. The van der Waals surface area contributed by atoms with Crippen molar-refractivity contribution in [2.24, 2.45) is 0 Å². The van der Waals surface area contributed by atoms with Crippen LogP contribution in [0.15, 0.2) is 18.2 Å². The summed E-state index contributed by atoms with van der Waals surface area (Å²) in [5.74, 6) is -0.000296. The Bertz CT molecular complexity index is 860. The summed E-state index contributed by atoms with van der Waals surface area (Å²) < 4.78 is 39.9. The summed E-state index contributed by atoms with van der Waals surface area (Å²) in [4.78, 5) is 19.5. The molecule has 0 unspecified atom stereocenters. The van der Waals surface area contributed by atoms with Crippen LogP contribution in [0, 0.1) is 6.92 Å². The SMILES string of the molecule is CC[C@@H]1CCCN1Cc1sc(CC(C)=O)nc1-c1cc(C)cc(C(F)(F)F)c1. The predicted octanol–water partition coefficient (Wildman–Crippen LogP) is 5.64. The molecule has 3 rings (SSSR count). The highest BCUT2D eigenvalue weighted by Crippen LogP contribution is 2.37. The second-order valence-electron chi connectivity index (χ2n) is 7.52. The highest BCUT2D eigenvalue weighted by atomic mass is 32.1. The van der Waals surface area contributed by atoms with Crippen molar-refractivity contribution >= 4 is 17.1 Å². The van der Waals surface area contributed by atoms with E-state index in [1.807, 2.05) is 0 Å². The first-order chi connectivity index (χ1) is 13.2. The minimum atomic E-state index is -4.40. The first-order valence-electron chi connectivity index (χ1n) is 9.58. The molecule has 2 aromatic rings. The molecule has 1 saturated heterocycles. The van der Waals surface area contributed by atoms with Gasteiger partial charge in [-0.25, -0.2) is 4.98 Å². The van der Waals surface area contributed by atoms with Crippen molar-refractivity contribution in [3.63, 3.8) is 0 Å². The van der Waals surface area contributed by atoms with E-state index in [1.54, 1.807) is 13.0 Å². The number of ketones is 1. The van der Waals surface area contributed by atoms with Gasteiger partial charge in [0.2, 0.25) is 0 Å². The number of alkyl halides is 3. The van der Waals surface area contributed by atoms with Crippen molar-refractivity contribution in [3.8, 4) is 11.3 Å². The number of benzene rings is 1. The van der Waals surface area contributed by atoms with Gasteiger partial charge in [-0.1, -0.05) is 6.92 Å². The van der Waals surface area contributed by atoms with Gasteiger partial charge in [-0.05, 0) is 63.4 Å². The van der Waals surface area contributed by atoms with Gasteiger partial charge in [0, 0.05) is 23.0 Å². The van der Waals surface area contributed by atoms with E-state index >= 15 is 0 Å². The normalized spacial score (nSPS) is 18.0. The average molecular weight is 411 g/mol. The molecule has 1 aromatic carbocycles. The maximum atomic E-state index is 13.3. The van der Waals surface area contributed by atoms with Gasteiger partial charge >= 0.3 is 6.18 Å². The maximum Gasteiger partial charge on any atom is 0.416 e. The second-order valence-corrected chi connectivity index (χ2v) is 8.69. The molecule has 3 nitrogen and oxygen atoms in total. The number of aryl methyl sites for hydroxylation is 1. The van der Waals surface area contributed by atoms with Gasteiger partial charge < -0.3 is 0 Å².